The van der Waals surface area contributed by atoms with Crippen LogP contribution in [-0.4, -0.2) is 36.1 Å². The van der Waals surface area contributed by atoms with E-state index >= 15 is 0 Å². The number of aliphatic hydroxyl groups is 1. The summed E-state index contributed by atoms with van der Waals surface area (Å²) < 4.78 is 25.6. The summed E-state index contributed by atoms with van der Waals surface area (Å²) in [6.45, 7) is 0.460. The van der Waals surface area contributed by atoms with Crippen LogP contribution in [-0.2, 0) is 11.2 Å². The molecule has 17 heavy (non-hydrogen) atoms. The predicted octanol–water partition coefficient (Wildman–Crippen LogP) is 1.35. The van der Waals surface area contributed by atoms with E-state index in [-0.39, 0.29) is 18.9 Å². The molecule has 1 amide bonds. The molecule has 0 aliphatic rings. The minimum atomic E-state index is -0.951. The van der Waals surface area contributed by atoms with Gasteiger partial charge in [0, 0.05) is 20.2 Å². The summed E-state index contributed by atoms with van der Waals surface area (Å²) in [6.07, 6.45) is 0.527. The van der Waals surface area contributed by atoms with Crippen molar-refractivity contribution >= 4 is 5.91 Å². The lowest BCUT2D eigenvalue weighted by atomic mass is 10.1. The molecule has 0 aliphatic heterocycles. The third-order valence-corrected chi connectivity index (χ3v) is 2.42. The van der Waals surface area contributed by atoms with Crippen LogP contribution in [0.2, 0.25) is 0 Å². The van der Waals surface area contributed by atoms with Crippen LogP contribution in [0.25, 0.3) is 0 Å². The Hall–Kier alpha value is -1.49. The highest BCUT2D eigenvalue weighted by atomic mass is 19.2. The van der Waals surface area contributed by atoms with Crippen molar-refractivity contribution in [3.63, 3.8) is 0 Å². The zero-order valence-electron chi connectivity index (χ0n) is 9.62. The van der Waals surface area contributed by atoms with Gasteiger partial charge in [0.1, 0.15) is 0 Å². The van der Waals surface area contributed by atoms with Gasteiger partial charge >= 0.3 is 0 Å². The van der Waals surface area contributed by atoms with Gasteiger partial charge in [-0.25, -0.2) is 8.78 Å². The Morgan fingerprint density at radius 2 is 2.06 bits per heavy atom. The topological polar surface area (TPSA) is 40.5 Å². The molecule has 1 N–H and O–H groups in total. The second kappa shape index (κ2) is 6.30. The SMILES string of the molecule is CN(CCCO)C(=O)Cc1ccc(F)c(F)c1. The maximum atomic E-state index is 12.9. The van der Waals surface area contributed by atoms with E-state index in [2.05, 4.69) is 0 Å². The first-order chi connectivity index (χ1) is 8.04. The van der Waals surface area contributed by atoms with Crippen LogP contribution >= 0.6 is 0 Å². The summed E-state index contributed by atoms with van der Waals surface area (Å²) >= 11 is 0. The summed E-state index contributed by atoms with van der Waals surface area (Å²) in [6, 6.07) is 3.41. The molecule has 0 heterocycles. The summed E-state index contributed by atoms with van der Waals surface area (Å²) in [5.74, 6) is -2.06. The highest BCUT2D eigenvalue weighted by Gasteiger charge is 2.10. The lowest BCUT2D eigenvalue weighted by Crippen LogP contribution is -2.29. The van der Waals surface area contributed by atoms with E-state index in [0.717, 1.165) is 12.1 Å². The number of carbonyl (C=O) groups is 1. The molecule has 0 unspecified atom stereocenters. The van der Waals surface area contributed by atoms with Gasteiger partial charge in [0.2, 0.25) is 5.91 Å². The molecule has 0 aliphatic carbocycles. The molecule has 0 aromatic heterocycles. The zero-order chi connectivity index (χ0) is 12.8. The van der Waals surface area contributed by atoms with Gasteiger partial charge in [-0.3, -0.25) is 4.79 Å². The first kappa shape index (κ1) is 13.6. The molecule has 0 bridgehead atoms. The van der Waals surface area contributed by atoms with Crippen molar-refractivity contribution in [3.05, 3.63) is 35.4 Å². The van der Waals surface area contributed by atoms with Gasteiger partial charge in [0.15, 0.2) is 11.6 Å². The molecule has 0 saturated carbocycles. The van der Waals surface area contributed by atoms with Crippen LogP contribution < -0.4 is 0 Å². The Morgan fingerprint density at radius 1 is 1.35 bits per heavy atom. The second-order valence-electron chi connectivity index (χ2n) is 3.82. The smallest absolute Gasteiger partial charge is 0.226 e. The minimum Gasteiger partial charge on any atom is -0.396 e. The molecule has 3 nitrogen and oxygen atoms in total. The molecule has 5 heteroatoms. The van der Waals surface area contributed by atoms with Gasteiger partial charge in [-0.1, -0.05) is 6.07 Å². The van der Waals surface area contributed by atoms with Crippen molar-refractivity contribution in [2.75, 3.05) is 20.2 Å². The Balaban J connectivity index is 2.58. The fourth-order valence-electron chi connectivity index (χ4n) is 1.39. The minimum absolute atomic E-state index is 0.0167. The first-order valence-corrected chi connectivity index (χ1v) is 5.33. The molecular weight excluding hydrogens is 228 g/mol. The Kier molecular flexibility index (Phi) is 5.03. The monoisotopic (exact) mass is 243 g/mol. The van der Waals surface area contributed by atoms with Crippen LogP contribution in [0.1, 0.15) is 12.0 Å². The summed E-state index contributed by atoms with van der Waals surface area (Å²) in [7, 11) is 1.61. The van der Waals surface area contributed by atoms with Crippen molar-refractivity contribution in [2.24, 2.45) is 0 Å². The van der Waals surface area contributed by atoms with E-state index in [1.165, 1.54) is 11.0 Å². The van der Waals surface area contributed by atoms with Gasteiger partial charge in [-0.2, -0.15) is 0 Å². The molecule has 0 fully saturated rings. The summed E-state index contributed by atoms with van der Waals surface area (Å²) in [4.78, 5) is 13.1. The maximum absolute atomic E-state index is 12.9. The van der Waals surface area contributed by atoms with E-state index < -0.39 is 11.6 Å². The molecule has 0 spiro atoms. The van der Waals surface area contributed by atoms with Crippen LogP contribution in [0.5, 0.6) is 0 Å². The third-order valence-electron chi connectivity index (χ3n) is 2.42. The number of nitrogens with zero attached hydrogens (tertiary/aromatic N) is 1. The number of benzene rings is 1. The number of hydrogen-bond acceptors (Lipinski definition) is 2. The lowest BCUT2D eigenvalue weighted by molar-refractivity contribution is -0.129. The quantitative estimate of drug-likeness (QED) is 0.848. The number of aliphatic hydroxyl groups excluding tert-OH is 1. The number of hydrogen-bond donors (Lipinski definition) is 1. The number of carbonyl (C=O) groups excluding carboxylic acids is 1. The number of likely N-dealkylation sites (N-methyl/N-ethyl adjacent to an activating group) is 1. The van der Waals surface area contributed by atoms with Gasteiger partial charge in [0.05, 0.1) is 6.42 Å². The van der Waals surface area contributed by atoms with Gasteiger partial charge in [-0.15, -0.1) is 0 Å². The van der Waals surface area contributed by atoms with E-state index in [1.807, 2.05) is 0 Å². The normalized spacial score (nSPS) is 10.4. The van der Waals surface area contributed by atoms with Gasteiger partial charge in [0.25, 0.3) is 0 Å². The third kappa shape index (κ3) is 4.11. The van der Waals surface area contributed by atoms with E-state index in [4.69, 9.17) is 5.11 Å². The number of amides is 1. The number of rotatable bonds is 5. The van der Waals surface area contributed by atoms with Crippen LogP contribution in [0.15, 0.2) is 18.2 Å². The van der Waals surface area contributed by atoms with E-state index in [1.54, 1.807) is 7.05 Å². The molecular formula is C12H15F2NO2. The van der Waals surface area contributed by atoms with E-state index in [0.29, 0.717) is 18.5 Å². The summed E-state index contributed by atoms with van der Waals surface area (Å²) in [5, 5.41) is 8.62. The van der Waals surface area contributed by atoms with Gasteiger partial charge < -0.3 is 10.0 Å². The standard InChI is InChI=1S/C12H15F2NO2/c1-15(5-2-6-16)12(17)8-9-3-4-10(13)11(14)7-9/h3-4,7,16H,2,5-6,8H2,1H3. The lowest BCUT2D eigenvalue weighted by Gasteiger charge is -2.16. The first-order valence-electron chi connectivity index (χ1n) is 5.33. The molecule has 0 atom stereocenters. The average Bonchev–Trinajstić information content (AvgIpc) is 2.30. The van der Waals surface area contributed by atoms with Crippen molar-refractivity contribution < 1.29 is 18.7 Å². The van der Waals surface area contributed by atoms with Crippen molar-refractivity contribution in [1.82, 2.24) is 4.90 Å². The Labute approximate surface area is 98.7 Å². The fourth-order valence-corrected chi connectivity index (χ4v) is 1.39. The summed E-state index contributed by atoms with van der Waals surface area (Å²) in [5.41, 5.74) is 0.435. The average molecular weight is 243 g/mol. The molecule has 1 aromatic carbocycles. The maximum Gasteiger partial charge on any atom is 0.226 e. The molecule has 1 rings (SSSR count). The Morgan fingerprint density at radius 3 is 2.65 bits per heavy atom. The highest BCUT2D eigenvalue weighted by Crippen LogP contribution is 2.10. The zero-order valence-corrected chi connectivity index (χ0v) is 9.62. The molecule has 0 radical (unpaired) electrons. The van der Waals surface area contributed by atoms with Crippen LogP contribution in [0.4, 0.5) is 8.78 Å². The molecule has 0 saturated heterocycles. The fraction of sp³-hybridized carbons (Fsp3) is 0.417. The second-order valence-corrected chi connectivity index (χ2v) is 3.82. The Bertz CT molecular complexity index is 396. The predicted molar refractivity (Wildman–Crippen MR) is 59.4 cm³/mol. The number of halogens is 2. The highest BCUT2D eigenvalue weighted by molar-refractivity contribution is 5.78. The van der Waals surface area contributed by atoms with Crippen LogP contribution in [0, 0.1) is 11.6 Å². The molecule has 1 aromatic rings. The van der Waals surface area contributed by atoms with Crippen LogP contribution in [0.3, 0.4) is 0 Å². The van der Waals surface area contributed by atoms with Crippen molar-refractivity contribution in [2.45, 2.75) is 12.8 Å². The largest absolute Gasteiger partial charge is 0.396 e. The van der Waals surface area contributed by atoms with Crippen molar-refractivity contribution in [1.29, 1.82) is 0 Å². The van der Waals surface area contributed by atoms with Crippen molar-refractivity contribution in [3.8, 4) is 0 Å². The van der Waals surface area contributed by atoms with E-state index in [9.17, 15) is 13.6 Å². The van der Waals surface area contributed by atoms with Gasteiger partial charge in [-0.05, 0) is 24.1 Å². The molecule has 94 valence electrons.